The number of unbranched alkanes of at least 4 members (excludes halogenated alkanes) is 28. The molecule has 0 radical (unpaired) electrons. The second-order valence-electron chi connectivity index (χ2n) is 18.2. The number of phosphoric ester groups is 1. The Balaban J connectivity index is 4.20. The maximum Gasteiger partial charge on any atom is 0.472 e. The van der Waals surface area contributed by atoms with Crippen molar-refractivity contribution >= 4 is 13.7 Å². The minimum absolute atomic E-state index is 0.0566. The van der Waals surface area contributed by atoms with Crippen LogP contribution in [-0.2, 0) is 18.4 Å². The molecule has 3 unspecified atom stereocenters. The Bertz CT molecular complexity index is 1060. The Morgan fingerprint density at radius 1 is 0.559 bits per heavy atom. The molecule has 0 aliphatic heterocycles. The molecule has 0 aromatic rings. The maximum atomic E-state index is 12.9. The van der Waals surface area contributed by atoms with E-state index >= 15 is 0 Å². The summed E-state index contributed by atoms with van der Waals surface area (Å²) >= 11 is 0. The van der Waals surface area contributed by atoms with Gasteiger partial charge in [-0.1, -0.05) is 198 Å². The van der Waals surface area contributed by atoms with E-state index in [9.17, 15) is 19.4 Å². The van der Waals surface area contributed by atoms with Crippen LogP contribution in [0.1, 0.15) is 226 Å². The Morgan fingerprint density at radius 3 is 1.36 bits per heavy atom. The molecular weight excluding hydrogens is 756 g/mol. The Hall–Kier alpha value is -1.28. The molecule has 0 fully saturated rings. The lowest BCUT2D eigenvalue weighted by Crippen LogP contribution is -2.45. The number of nitrogens with one attached hydrogen (secondary N) is 1. The van der Waals surface area contributed by atoms with E-state index in [1.165, 1.54) is 167 Å². The number of nitrogens with zero attached hydrogens (tertiary/aromatic N) is 1. The number of aliphatic hydroxyl groups excluding tert-OH is 1. The van der Waals surface area contributed by atoms with Crippen LogP contribution in [0.5, 0.6) is 0 Å². The smallest absolute Gasteiger partial charge is 0.387 e. The highest BCUT2D eigenvalue weighted by atomic mass is 31.2. The number of carbonyl (C=O) groups is 1. The summed E-state index contributed by atoms with van der Waals surface area (Å²) in [6.07, 6.45) is 52.3. The van der Waals surface area contributed by atoms with E-state index in [1.54, 1.807) is 6.08 Å². The third-order valence-corrected chi connectivity index (χ3v) is 12.1. The molecule has 0 rings (SSSR count). The summed E-state index contributed by atoms with van der Waals surface area (Å²) in [5.41, 5.74) is 0. The number of carbonyl (C=O) groups excluding carboxylic acids is 1. The molecule has 3 atom stereocenters. The van der Waals surface area contributed by atoms with E-state index in [2.05, 4.69) is 43.5 Å². The zero-order valence-electron chi connectivity index (χ0n) is 39.5. The van der Waals surface area contributed by atoms with Crippen molar-refractivity contribution in [2.75, 3.05) is 40.9 Å². The molecular formula is C50H98N2O6P+. The van der Waals surface area contributed by atoms with Gasteiger partial charge in [0.15, 0.2) is 0 Å². The van der Waals surface area contributed by atoms with Crippen molar-refractivity contribution in [2.45, 2.75) is 238 Å². The van der Waals surface area contributed by atoms with E-state index in [-0.39, 0.29) is 19.1 Å². The number of likely N-dealkylation sites (N-methyl/N-ethyl adjacent to an activating group) is 1. The van der Waals surface area contributed by atoms with Gasteiger partial charge >= 0.3 is 7.82 Å². The Labute approximate surface area is 366 Å². The first-order chi connectivity index (χ1) is 28.5. The van der Waals surface area contributed by atoms with Gasteiger partial charge in [0.1, 0.15) is 13.2 Å². The molecule has 0 aliphatic rings. The SMILES string of the molecule is CCCCCCCC/C=C/CC/C=C/C(O)C(COP(=O)(O)OCC[N+](C)(C)C)NC(=O)CCCCCCCCCCCCCCC/C=C\CCCCCCCCCC. The van der Waals surface area contributed by atoms with Gasteiger partial charge in [-0.15, -0.1) is 0 Å². The summed E-state index contributed by atoms with van der Waals surface area (Å²) in [6.45, 7) is 4.78. The van der Waals surface area contributed by atoms with Gasteiger partial charge < -0.3 is 19.8 Å². The van der Waals surface area contributed by atoms with Gasteiger partial charge in [0, 0.05) is 6.42 Å². The molecule has 348 valence electrons. The zero-order chi connectivity index (χ0) is 43.6. The summed E-state index contributed by atoms with van der Waals surface area (Å²) in [5, 5.41) is 13.8. The lowest BCUT2D eigenvalue weighted by molar-refractivity contribution is -0.870. The number of phosphoric acid groups is 1. The number of quaternary nitrogens is 1. The molecule has 59 heavy (non-hydrogen) atoms. The lowest BCUT2D eigenvalue weighted by atomic mass is 10.0. The van der Waals surface area contributed by atoms with Gasteiger partial charge in [-0.05, 0) is 57.8 Å². The number of aliphatic hydroxyl groups is 1. The quantitative estimate of drug-likeness (QED) is 0.0244. The van der Waals surface area contributed by atoms with E-state index in [0.29, 0.717) is 17.4 Å². The molecule has 1 amide bonds. The molecule has 0 aromatic heterocycles. The van der Waals surface area contributed by atoms with Crippen LogP contribution in [-0.4, -0.2) is 73.4 Å². The third-order valence-electron chi connectivity index (χ3n) is 11.1. The molecule has 9 heteroatoms. The highest BCUT2D eigenvalue weighted by Gasteiger charge is 2.27. The maximum absolute atomic E-state index is 12.9. The van der Waals surface area contributed by atoms with E-state index < -0.39 is 20.0 Å². The average molecular weight is 854 g/mol. The van der Waals surface area contributed by atoms with E-state index in [4.69, 9.17) is 9.05 Å². The standard InChI is InChI=1S/C50H97N2O6P/c1-6-8-10-12-14-16-18-20-21-22-23-24-25-26-27-28-29-30-31-32-34-36-38-40-42-44-50(54)51-48(47-58-59(55,56)57-46-45-52(3,4)5)49(53)43-41-39-37-35-33-19-17-15-13-11-9-7-2/h22-23,33,35,41,43,48-49,53H,6-21,24-32,34,36-40,42,44-47H2,1-5H3,(H-,51,54,55,56)/p+1/b23-22-,35-33+,43-41+. The highest BCUT2D eigenvalue weighted by Crippen LogP contribution is 2.43. The molecule has 8 nitrogen and oxygen atoms in total. The van der Waals surface area contributed by atoms with Crippen molar-refractivity contribution < 1.29 is 32.9 Å². The second kappa shape index (κ2) is 42.0. The van der Waals surface area contributed by atoms with Gasteiger partial charge in [0.2, 0.25) is 5.91 Å². The number of rotatable bonds is 45. The second-order valence-corrected chi connectivity index (χ2v) is 19.6. The molecule has 0 aliphatic carbocycles. The van der Waals surface area contributed by atoms with Crippen LogP contribution in [0.25, 0.3) is 0 Å². The van der Waals surface area contributed by atoms with E-state index in [0.717, 1.165) is 38.5 Å². The average Bonchev–Trinajstić information content (AvgIpc) is 3.19. The van der Waals surface area contributed by atoms with Crippen LogP contribution >= 0.6 is 7.82 Å². The normalized spacial score (nSPS) is 14.5. The van der Waals surface area contributed by atoms with Crippen molar-refractivity contribution in [3.05, 3.63) is 36.5 Å². The predicted molar refractivity (Wildman–Crippen MR) is 254 cm³/mol. The summed E-state index contributed by atoms with van der Waals surface area (Å²) in [5.74, 6) is -0.187. The summed E-state index contributed by atoms with van der Waals surface area (Å²) in [4.78, 5) is 23.1. The van der Waals surface area contributed by atoms with Gasteiger partial charge in [-0.3, -0.25) is 13.8 Å². The van der Waals surface area contributed by atoms with Crippen molar-refractivity contribution in [3.63, 3.8) is 0 Å². The van der Waals surface area contributed by atoms with E-state index in [1.807, 2.05) is 27.2 Å². The van der Waals surface area contributed by atoms with Crippen LogP contribution in [0.15, 0.2) is 36.5 Å². The minimum atomic E-state index is -4.34. The van der Waals surface area contributed by atoms with Crippen LogP contribution in [0.3, 0.4) is 0 Å². The van der Waals surface area contributed by atoms with Gasteiger partial charge in [0.05, 0.1) is 39.9 Å². The van der Waals surface area contributed by atoms with Gasteiger partial charge in [0.25, 0.3) is 0 Å². The van der Waals surface area contributed by atoms with Crippen LogP contribution in [0.2, 0.25) is 0 Å². The van der Waals surface area contributed by atoms with Crippen LogP contribution in [0, 0.1) is 0 Å². The molecule has 0 bridgehead atoms. The van der Waals surface area contributed by atoms with Crippen molar-refractivity contribution in [3.8, 4) is 0 Å². The molecule has 0 aromatic carbocycles. The number of hydrogen-bond donors (Lipinski definition) is 3. The Kier molecular flexibility index (Phi) is 41.1. The lowest BCUT2D eigenvalue weighted by Gasteiger charge is -2.25. The Morgan fingerprint density at radius 2 is 0.932 bits per heavy atom. The van der Waals surface area contributed by atoms with Crippen LogP contribution < -0.4 is 5.32 Å². The highest BCUT2D eigenvalue weighted by molar-refractivity contribution is 7.47. The first-order valence-corrected chi connectivity index (χ1v) is 26.4. The summed E-state index contributed by atoms with van der Waals surface area (Å²) < 4.78 is 23.6. The fourth-order valence-corrected chi connectivity index (χ4v) is 7.85. The summed E-state index contributed by atoms with van der Waals surface area (Å²) in [7, 11) is 1.56. The third kappa shape index (κ3) is 44.6. The topological polar surface area (TPSA) is 105 Å². The van der Waals surface area contributed by atoms with Crippen molar-refractivity contribution in [1.82, 2.24) is 5.32 Å². The molecule has 0 saturated heterocycles. The van der Waals surface area contributed by atoms with Crippen LogP contribution in [0.4, 0.5) is 0 Å². The molecule has 0 saturated carbocycles. The first-order valence-electron chi connectivity index (χ1n) is 24.9. The summed E-state index contributed by atoms with van der Waals surface area (Å²) in [6, 6.07) is -0.860. The minimum Gasteiger partial charge on any atom is -0.387 e. The monoisotopic (exact) mass is 854 g/mol. The fraction of sp³-hybridized carbons (Fsp3) is 0.860. The predicted octanol–water partition coefficient (Wildman–Crippen LogP) is 14.3. The molecule has 0 spiro atoms. The zero-order valence-corrected chi connectivity index (χ0v) is 40.4. The first kappa shape index (κ1) is 57.7. The van der Waals surface area contributed by atoms with Crippen molar-refractivity contribution in [1.29, 1.82) is 0 Å². The number of amides is 1. The molecule has 3 N–H and O–H groups in total. The number of allylic oxidation sites excluding steroid dienone is 5. The van der Waals surface area contributed by atoms with Gasteiger partial charge in [-0.2, -0.15) is 0 Å². The van der Waals surface area contributed by atoms with Crippen molar-refractivity contribution in [2.24, 2.45) is 0 Å². The fourth-order valence-electron chi connectivity index (χ4n) is 7.11. The number of hydrogen-bond acceptors (Lipinski definition) is 5. The largest absolute Gasteiger partial charge is 0.472 e. The molecule has 0 heterocycles. The van der Waals surface area contributed by atoms with Gasteiger partial charge in [-0.25, -0.2) is 4.57 Å².